The number of hydrogen-bond donors (Lipinski definition) is 1. The van der Waals surface area contributed by atoms with Gasteiger partial charge in [-0.3, -0.25) is 4.40 Å². The number of methoxy groups -OCH3 is 1. The number of fused-ring (bicyclic) bond motifs is 1. The maximum absolute atomic E-state index is 5.07. The van der Waals surface area contributed by atoms with Crippen molar-refractivity contribution in [2.75, 3.05) is 26.8 Å². The topological polar surface area (TPSA) is 38.6 Å². The average molecular weight is 307 g/mol. The summed E-state index contributed by atoms with van der Waals surface area (Å²) in [7, 11) is 1.73. The Labute approximate surface area is 130 Å². The Morgan fingerprint density at radius 2 is 2.24 bits per heavy atom. The molecule has 4 nitrogen and oxygen atoms in total. The van der Waals surface area contributed by atoms with Gasteiger partial charge in [-0.15, -0.1) is 11.3 Å². The van der Waals surface area contributed by atoms with Crippen molar-refractivity contribution in [3.63, 3.8) is 0 Å². The summed E-state index contributed by atoms with van der Waals surface area (Å²) in [5.41, 5.74) is 3.68. The van der Waals surface area contributed by atoms with Crippen molar-refractivity contribution >= 4 is 22.4 Å². The Kier molecular flexibility index (Phi) is 5.56. The Bertz CT molecular complexity index is 625. The molecule has 2 aromatic rings. The monoisotopic (exact) mass is 307 g/mol. The molecular formula is C16H25N3OS. The number of aryl methyl sites for hydroxylation is 2. The van der Waals surface area contributed by atoms with E-state index in [-0.39, 0.29) is 0 Å². The van der Waals surface area contributed by atoms with Crippen molar-refractivity contribution in [1.82, 2.24) is 14.7 Å². The van der Waals surface area contributed by atoms with Crippen molar-refractivity contribution in [2.45, 2.75) is 27.7 Å². The SMILES string of the molecule is COCCNCC(=Cc1c(C)nc2sc(C)cn12)C(C)C. The fourth-order valence-corrected chi connectivity index (χ4v) is 3.14. The summed E-state index contributed by atoms with van der Waals surface area (Å²) in [6.07, 6.45) is 4.45. The summed E-state index contributed by atoms with van der Waals surface area (Å²) in [6.45, 7) is 11.2. The summed E-state index contributed by atoms with van der Waals surface area (Å²) in [5, 5.41) is 3.43. The van der Waals surface area contributed by atoms with E-state index < -0.39 is 0 Å². The van der Waals surface area contributed by atoms with E-state index in [1.165, 1.54) is 16.1 Å². The molecule has 1 N–H and O–H groups in total. The van der Waals surface area contributed by atoms with E-state index in [1.54, 1.807) is 18.4 Å². The fraction of sp³-hybridized carbons (Fsp3) is 0.562. The Balaban J connectivity index is 2.24. The van der Waals surface area contributed by atoms with E-state index in [1.807, 2.05) is 0 Å². The number of nitrogens with zero attached hydrogens (tertiary/aromatic N) is 2. The largest absolute Gasteiger partial charge is 0.383 e. The van der Waals surface area contributed by atoms with Gasteiger partial charge >= 0.3 is 0 Å². The maximum atomic E-state index is 5.07. The number of hydrogen-bond acceptors (Lipinski definition) is 4. The first-order valence-electron chi connectivity index (χ1n) is 7.38. The van der Waals surface area contributed by atoms with Crippen LogP contribution in [0.4, 0.5) is 0 Å². The van der Waals surface area contributed by atoms with Crippen LogP contribution in [0, 0.1) is 19.8 Å². The molecule has 0 saturated carbocycles. The fourth-order valence-electron chi connectivity index (χ4n) is 2.26. The normalized spacial score (nSPS) is 12.8. The average Bonchev–Trinajstić information content (AvgIpc) is 2.89. The predicted octanol–water partition coefficient (Wildman–Crippen LogP) is 3.29. The maximum Gasteiger partial charge on any atom is 0.194 e. The Hall–Kier alpha value is -1.17. The molecule has 2 aromatic heterocycles. The first kappa shape index (κ1) is 16.2. The van der Waals surface area contributed by atoms with Gasteiger partial charge in [-0.05, 0) is 25.8 Å². The molecule has 2 rings (SSSR count). The molecule has 0 aliphatic rings. The lowest BCUT2D eigenvalue weighted by Gasteiger charge is -2.13. The lowest BCUT2D eigenvalue weighted by atomic mass is 10.0. The summed E-state index contributed by atoms with van der Waals surface area (Å²) in [4.78, 5) is 7.02. The van der Waals surface area contributed by atoms with E-state index in [0.29, 0.717) is 5.92 Å². The van der Waals surface area contributed by atoms with E-state index in [4.69, 9.17) is 4.74 Å². The molecule has 0 aliphatic heterocycles. The van der Waals surface area contributed by atoms with Crippen LogP contribution in [0.1, 0.15) is 30.1 Å². The van der Waals surface area contributed by atoms with Gasteiger partial charge in [0.05, 0.1) is 18.0 Å². The van der Waals surface area contributed by atoms with Crippen LogP contribution in [0.15, 0.2) is 11.8 Å². The van der Waals surface area contributed by atoms with Gasteiger partial charge in [0.15, 0.2) is 4.96 Å². The molecule has 0 saturated heterocycles. The van der Waals surface area contributed by atoms with Gasteiger partial charge in [0.1, 0.15) is 0 Å². The van der Waals surface area contributed by atoms with Crippen LogP contribution in [0.5, 0.6) is 0 Å². The number of nitrogens with one attached hydrogen (secondary N) is 1. The lowest BCUT2D eigenvalue weighted by molar-refractivity contribution is 0.200. The zero-order chi connectivity index (χ0) is 15.4. The second-order valence-corrected chi connectivity index (χ2v) is 6.83. The highest BCUT2D eigenvalue weighted by Crippen LogP contribution is 2.23. The number of thiazole rings is 1. The standard InChI is InChI=1S/C16H25N3OS/c1-11(2)14(9-17-6-7-20-5)8-15-13(4)18-16-19(15)10-12(3)21-16/h8,10-11,17H,6-7,9H2,1-5H3. The molecule has 0 bridgehead atoms. The number of rotatable bonds is 7. The van der Waals surface area contributed by atoms with Gasteiger partial charge in [-0.25, -0.2) is 4.98 Å². The molecule has 0 atom stereocenters. The van der Waals surface area contributed by atoms with Crippen LogP contribution in [-0.2, 0) is 4.74 Å². The van der Waals surface area contributed by atoms with E-state index in [9.17, 15) is 0 Å². The minimum absolute atomic E-state index is 0.504. The molecule has 0 spiro atoms. The van der Waals surface area contributed by atoms with Gasteiger partial charge in [-0.1, -0.05) is 19.4 Å². The van der Waals surface area contributed by atoms with E-state index in [2.05, 4.69) is 54.7 Å². The third kappa shape index (κ3) is 3.93. The summed E-state index contributed by atoms with van der Waals surface area (Å²) in [5.74, 6) is 0.504. The van der Waals surface area contributed by atoms with Crippen LogP contribution < -0.4 is 5.32 Å². The Morgan fingerprint density at radius 3 is 2.90 bits per heavy atom. The first-order chi connectivity index (χ1) is 10.0. The predicted molar refractivity (Wildman–Crippen MR) is 90.1 cm³/mol. The molecule has 0 fully saturated rings. The molecular weight excluding hydrogens is 282 g/mol. The molecule has 21 heavy (non-hydrogen) atoms. The quantitative estimate of drug-likeness (QED) is 0.798. The summed E-state index contributed by atoms with van der Waals surface area (Å²) < 4.78 is 7.28. The number of ether oxygens (including phenoxy) is 1. The third-order valence-corrected chi connectivity index (χ3v) is 4.44. The van der Waals surface area contributed by atoms with Crippen molar-refractivity contribution in [2.24, 2.45) is 5.92 Å². The summed E-state index contributed by atoms with van der Waals surface area (Å²) >= 11 is 1.74. The van der Waals surface area contributed by atoms with Crippen molar-refractivity contribution < 1.29 is 4.74 Å². The molecule has 0 unspecified atom stereocenters. The lowest BCUT2D eigenvalue weighted by Crippen LogP contribution is -2.23. The molecule has 0 amide bonds. The second-order valence-electron chi connectivity index (χ2n) is 5.62. The van der Waals surface area contributed by atoms with Crippen LogP contribution in [0.3, 0.4) is 0 Å². The van der Waals surface area contributed by atoms with Crippen molar-refractivity contribution in [1.29, 1.82) is 0 Å². The van der Waals surface area contributed by atoms with E-state index in [0.717, 1.165) is 30.4 Å². The van der Waals surface area contributed by atoms with Crippen LogP contribution in [0.25, 0.3) is 11.0 Å². The van der Waals surface area contributed by atoms with E-state index >= 15 is 0 Å². The second kappa shape index (κ2) is 7.20. The molecule has 116 valence electrons. The highest BCUT2D eigenvalue weighted by atomic mass is 32.1. The van der Waals surface area contributed by atoms with Crippen molar-refractivity contribution in [3.8, 4) is 0 Å². The zero-order valence-electron chi connectivity index (χ0n) is 13.6. The van der Waals surface area contributed by atoms with Crippen LogP contribution in [-0.4, -0.2) is 36.2 Å². The van der Waals surface area contributed by atoms with Crippen LogP contribution in [0.2, 0.25) is 0 Å². The minimum Gasteiger partial charge on any atom is -0.383 e. The van der Waals surface area contributed by atoms with Gasteiger partial charge in [0.2, 0.25) is 0 Å². The van der Waals surface area contributed by atoms with Gasteiger partial charge in [0.25, 0.3) is 0 Å². The molecule has 2 heterocycles. The van der Waals surface area contributed by atoms with Crippen molar-refractivity contribution in [3.05, 3.63) is 28.0 Å². The summed E-state index contributed by atoms with van der Waals surface area (Å²) in [6, 6.07) is 0. The number of aromatic nitrogens is 2. The minimum atomic E-state index is 0.504. The molecule has 0 aromatic carbocycles. The molecule has 5 heteroatoms. The molecule has 0 aliphatic carbocycles. The number of imidazole rings is 1. The molecule has 0 radical (unpaired) electrons. The highest BCUT2D eigenvalue weighted by Gasteiger charge is 2.11. The third-order valence-electron chi connectivity index (χ3n) is 3.54. The van der Waals surface area contributed by atoms with Gasteiger partial charge in [-0.2, -0.15) is 0 Å². The van der Waals surface area contributed by atoms with Crippen LogP contribution >= 0.6 is 11.3 Å². The van der Waals surface area contributed by atoms with Gasteiger partial charge in [0, 0.05) is 31.3 Å². The zero-order valence-corrected chi connectivity index (χ0v) is 14.4. The smallest absolute Gasteiger partial charge is 0.194 e. The first-order valence-corrected chi connectivity index (χ1v) is 8.19. The van der Waals surface area contributed by atoms with Gasteiger partial charge < -0.3 is 10.1 Å². The Morgan fingerprint density at radius 1 is 1.48 bits per heavy atom. The highest BCUT2D eigenvalue weighted by molar-refractivity contribution is 7.17.